The summed E-state index contributed by atoms with van der Waals surface area (Å²) in [6.07, 6.45) is 0.811. The van der Waals surface area contributed by atoms with Gasteiger partial charge >= 0.3 is 0 Å². The van der Waals surface area contributed by atoms with Gasteiger partial charge in [-0.25, -0.2) is 4.98 Å². The predicted molar refractivity (Wildman–Crippen MR) is 69.4 cm³/mol. The molecule has 0 spiro atoms. The van der Waals surface area contributed by atoms with Crippen molar-refractivity contribution in [1.82, 2.24) is 9.97 Å². The number of aromatic nitrogens is 2. The first-order valence-corrected chi connectivity index (χ1v) is 5.68. The van der Waals surface area contributed by atoms with Crippen molar-refractivity contribution in [1.29, 1.82) is 5.41 Å². The number of hydrogen-bond acceptors (Lipinski definition) is 2. The summed E-state index contributed by atoms with van der Waals surface area (Å²) in [7, 11) is 0. The van der Waals surface area contributed by atoms with Crippen molar-refractivity contribution in [2.75, 3.05) is 0 Å². The predicted octanol–water partition coefficient (Wildman–Crippen LogP) is 2.58. The highest BCUT2D eigenvalue weighted by Gasteiger charge is 2.09. The SMILES string of the molecule is CCc1nc(-c2ccc(C(=N)N)cc2)c(Cl)[nH]1. The summed E-state index contributed by atoms with van der Waals surface area (Å²) in [5, 5.41) is 7.86. The van der Waals surface area contributed by atoms with E-state index in [2.05, 4.69) is 9.97 Å². The average molecular weight is 249 g/mol. The molecule has 0 fully saturated rings. The van der Waals surface area contributed by atoms with E-state index in [9.17, 15) is 0 Å². The van der Waals surface area contributed by atoms with Crippen LogP contribution in [0.15, 0.2) is 24.3 Å². The summed E-state index contributed by atoms with van der Waals surface area (Å²) >= 11 is 6.08. The Balaban J connectivity index is 2.39. The minimum atomic E-state index is 0.0546. The normalized spacial score (nSPS) is 10.5. The molecule has 5 heteroatoms. The topological polar surface area (TPSA) is 78.6 Å². The third kappa shape index (κ3) is 2.31. The summed E-state index contributed by atoms with van der Waals surface area (Å²) < 4.78 is 0. The number of amidine groups is 1. The van der Waals surface area contributed by atoms with Crippen LogP contribution in [0.25, 0.3) is 11.3 Å². The second kappa shape index (κ2) is 4.59. The molecule has 0 bridgehead atoms. The van der Waals surface area contributed by atoms with Gasteiger partial charge in [-0.05, 0) is 0 Å². The Bertz CT molecular complexity index is 542. The van der Waals surface area contributed by atoms with E-state index in [1.807, 2.05) is 19.1 Å². The van der Waals surface area contributed by atoms with Gasteiger partial charge in [-0.3, -0.25) is 5.41 Å². The second-order valence-corrected chi connectivity index (χ2v) is 4.07. The molecular formula is C12H13ClN4. The number of halogens is 1. The smallest absolute Gasteiger partial charge is 0.134 e. The number of nitrogen functional groups attached to an aromatic ring is 1. The molecule has 0 aliphatic rings. The zero-order chi connectivity index (χ0) is 12.4. The second-order valence-electron chi connectivity index (χ2n) is 3.69. The Kier molecular flexibility index (Phi) is 3.15. The van der Waals surface area contributed by atoms with Crippen LogP contribution in [0.2, 0.25) is 5.15 Å². The fourth-order valence-corrected chi connectivity index (χ4v) is 1.82. The molecule has 0 aliphatic heterocycles. The van der Waals surface area contributed by atoms with Crippen molar-refractivity contribution in [2.45, 2.75) is 13.3 Å². The first-order chi connectivity index (χ1) is 8.11. The first-order valence-electron chi connectivity index (χ1n) is 5.31. The molecule has 1 heterocycles. The number of benzene rings is 1. The molecule has 1 aromatic carbocycles. The van der Waals surface area contributed by atoms with Crippen LogP contribution in [-0.2, 0) is 6.42 Å². The molecule has 4 nitrogen and oxygen atoms in total. The standard InChI is InChI=1S/C12H13ClN4/c1-2-9-16-10(11(13)17-9)7-3-5-8(6-4-7)12(14)15/h3-6H,2H2,1H3,(H3,14,15)(H,16,17). The van der Waals surface area contributed by atoms with Crippen molar-refractivity contribution in [3.05, 3.63) is 40.8 Å². The molecule has 0 amide bonds. The summed E-state index contributed by atoms with van der Waals surface area (Å²) in [6.45, 7) is 2.01. The Morgan fingerprint density at radius 1 is 1.41 bits per heavy atom. The molecule has 0 unspecified atom stereocenters. The van der Waals surface area contributed by atoms with Crippen LogP contribution in [0, 0.1) is 5.41 Å². The van der Waals surface area contributed by atoms with Crippen LogP contribution in [0.5, 0.6) is 0 Å². The molecule has 4 N–H and O–H groups in total. The van der Waals surface area contributed by atoms with E-state index in [4.69, 9.17) is 22.7 Å². The molecule has 0 saturated heterocycles. The highest BCUT2D eigenvalue weighted by atomic mass is 35.5. The molecule has 0 radical (unpaired) electrons. The van der Waals surface area contributed by atoms with Gasteiger partial charge in [0.05, 0.1) is 0 Å². The fourth-order valence-electron chi connectivity index (χ4n) is 1.56. The Labute approximate surface area is 104 Å². The van der Waals surface area contributed by atoms with Gasteiger partial charge in [0.2, 0.25) is 0 Å². The number of rotatable bonds is 3. The maximum Gasteiger partial charge on any atom is 0.134 e. The van der Waals surface area contributed by atoms with Gasteiger partial charge in [-0.1, -0.05) is 42.8 Å². The zero-order valence-electron chi connectivity index (χ0n) is 9.42. The minimum absolute atomic E-state index is 0.0546. The van der Waals surface area contributed by atoms with Crippen molar-refractivity contribution in [2.24, 2.45) is 5.73 Å². The number of nitrogens with one attached hydrogen (secondary N) is 2. The molecule has 0 atom stereocenters. The van der Waals surface area contributed by atoms with Crippen molar-refractivity contribution < 1.29 is 0 Å². The largest absolute Gasteiger partial charge is 0.384 e. The van der Waals surface area contributed by atoms with E-state index in [0.29, 0.717) is 10.7 Å². The van der Waals surface area contributed by atoms with Gasteiger partial charge in [0.25, 0.3) is 0 Å². The van der Waals surface area contributed by atoms with E-state index in [-0.39, 0.29) is 5.84 Å². The molecule has 17 heavy (non-hydrogen) atoms. The van der Waals surface area contributed by atoms with Gasteiger partial charge < -0.3 is 10.7 Å². The Morgan fingerprint density at radius 2 is 2.06 bits per heavy atom. The summed E-state index contributed by atoms with van der Waals surface area (Å²) in [6, 6.07) is 7.29. The number of hydrogen-bond donors (Lipinski definition) is 3. The van der Waals surface area contributed by atoms with E-state index in [0.717, 1.165) is 23.5 Å². The van der Waals surface area contributed by atoms with E-state index in [1.165, 1.54) is 0 Å². The highest BCUT2D eigenvalue weighted by molar-refractivity contribution is 6.31. The molecule has 2 rings (SSSR count). The Hall–Kier alpha value is -1.81. The third-order valence-corrected chi connectivity index (χ3v) is 2.79. The monoisotopic (exact) mass is 248 g/mol. The molecule has 1 aromatic heterocycles. The molecular weight excluding hydrogens is 236 g/mol. The van der Waals surface area contributed by atoms with Crippen LogP contribution in [0.1, 0.15) is 18.3 Å². The number of aromatic amines is 1. The lowest BCUT2D eigenvalue weighted by atomic mass is 10.1. The summed E-state index contributed by atoms with van der Waals surface area (Å²) in [4.78, 5) is 7.42. The Morgan fingerprint density at radius 3 is 2.53 bits per heavy atom. The van der Waals surface area contributed by atoms with Gasteiger partial charge in [-0.15, -0.1) is 0 Å². The van der Waals surface area contributed by atoms with Crippen LogP contribution < -0.4 is 5.73 Å². The summed E-state index contributed by atoms with van der Waals surface area (Å²) in [5.74, 6) is 0.916. The molecule has 2 aromatic rings. The van der Waals surface area contributed by atoms with Crippen molar-refractivity contribution in [3.63, 3.8) is 0 Å². The van der Waals surface area contributed by atoms with Crippen LogP contribution in [0.3, 0.4) is 0 Å². The molecule has 0 saturated carbocycles. The lowest BCUT2D eigenvalue weighted by molar-refractivity contribution is 0.991. The first kappa shape index (κ1) is 11.7. The lowest BCUT2D eigenvalue weighted by Crippen LogP contribution is -2.10. The molecule has 88 valence electrons. The zero-order valence-corrected chi connectivity index (χ0v) is 10.2. The fraction of sp³-hybridized carbons (Fsp3) is 0.167. The third-order valence-electron chi connectivity index (χ3n) is 2.51. The van der Waals surface area contributed by atoms with Crippen molar-refractivity contribution in [3.8, 4) is 11.3 Å². The average Bonchev–Trinajstić information content (AvgIpc) is 2.71. The van der Waals surface area contributed by atoms with Crippen LogP contribution in [-0.4, -0.2) is 15.8 Å². The maximum absolute atomic E-state index is 7.32. The van der Waals surface area contributed by atoms with Gasteiger partial charge in [0.15, 0.2) is 0 Å². The van der Waals surface area contributed by atoms with Crippen LogP contribution in [0.4, 0.5) is 0 Å². The van der Waals surface area contributed by atoms with Crippen LogP contribution >= 0.6 is 11.6 Å². The van der Waals surface area contributed by atoms with Gasteiger partial charge in [0.1, 0.15) is 22.5 Å². The highest BCUT2D eigenvalue weighted by Crippen LogP contribution is 2.25. The molecule has 0 aliphatic carbocycles. The minimum Gasteiger partial charge on any atom is -0.384 e. The van der Waals surface area contributed by atoms with Crippen molar-refractivity contribution >= 4 is 17.4 Å². The number of nitrogens with zero attached hydrogens (tertiary/aromatic N) is 1. The van der Waals surface area contributed by atoms with E-state index >= 15 is 0 Å². The van der Waals surface area contributed by atoms with E-state index < -0.39 is 0 Å². The number of aryl methyl sites for hydroxylation is 1. The lowest BCUT2D eigenvalue weighted by Gasteiger charge is -2.00. The van der Waals surface area contributed by atoms with Gasteiger partial charge in [-0.2, -0.15) is 0 Å². The number of H-pyrrole nitrogens is 1. The number of imidazole rings is 1. The number of nitrogens with two attached hydrogens (primary N) is 1. The van der Waals surface area contributed by atoms with Gasteiger partial charge in [0, 0.05) is 17.5 Å². The quantitative estimate of drug-likeness (QED) is 0.577. The maximum atomic E-state index is 7.32. The summed E-state index contributed by atoms with van der Waals surface area (Å²) in [5.41, 5.74) is 7.73. The van der Waals surface area contributed by atoms with E-state index in [1.54, 1.807) is 12.1 Å².